The quantitative estimate of drug-likeness (QED) is 0.316. The van der Waals surface area contributed by atoms with E-state index in [2.05, 4.69) is 5.32 Å². The molecule has 0 aliphatic rings. The molecule has 0 spiro atoms. The van der Waals surface area contributed by atoms with Gasteiger partial charge in [-0.05, 0) is 0 Å². The van der Waals surface area contributed by atoms with Crippen LogP contribution in [0.1, 0.15) is 0 Å². The lowest BCUT2D eigenvalue weighted by Crippen LogP contribution is -2.15. The topological polar surface area (TPSA) is 54.3 Å². The molecule has 0 bridgehead atoms. The van der Waals surface area contributed by atoms with Crippen LogP contribution >= 0.6 is 0 Å². The highest BCUT2D eigenvalue weighted by molar-refractivity contribution is 4.62. The fourth-order valence-corrected chi connectivity index (χ4v) is 0.423. The van der Waals surface area contributed by atoms with Crippen LogP contribution in [0.5, 0.6) is 0 Å². The van der Waals surface area contributed by atoms with Crippen molar-refractivity contribution in [3.05, 3.63) is 0 Å². The molecule has 0 aromatic heterocycles. The number of ether oxygens (including phenoxy) is 2. The second kappa shape index (κ2) is 8.21. The summed E-state index contributed by atoms with van der Waals surface area (Å²) >= 11 is 0. The number of rotatable bonds is 6. The first-order valence-electron chi connectivity index (χ1n) is 3.10. The molecule has 0 aromatic rings. The van der Waals surface area contributed by atoms with Crippen LogP contribution in [-0.4, -0.2) is 33.5 Å². The van der Waals surface area contributed by atoms with Crippen molar-refractivity contribution in [2.75, 3.05) is 33.5 Å². The van der Waals surface area contributed by atoms with Gasteiger partial charge in [-0.1, -0.05) is 0 Å². The highest BCUT2D eigenvalue weighted by Gasteiger charge is 1.85. The smallest absolute Gasteiger partial charge is 0.176 e. The van der Waals surface area contributed by atoms with E-state index in [-0.39, 0.29) is 0 Å². The van der Waals surface area contributed by atoms with E-state index >= 15 is 0 Å². The molecule has 0 rings (SSSR count). The Hall–Kier alpha value is -0.790. The summed E-state index contributed by atoms with van der Waals surface area (Å²) in [6.07, 6.45) is 1.80. The number of methoxy groups -OCH3 is 1. The van der Waals surface area contributed by atoms with Crippen molar-refractivity contribution in [1.82, 2.24) is 5.32 Å². The van der Waals surface area contributed by atoms with Crippen LogP contribution in [0.2, 0.25) is 0 Å². The molecular formula is C6H12N2O2. The molecule has 58 valence electrons. The average Bonchev–Trinajstić information content (AvgIpc) is 1.97. The van der Waals surface area contributed by atoms with E-state index in [0.29, 0.717) is 26.4 Å². The van der Waals surface area contributed by atoms with Gasteiger partial charge in [0.2, 0.25) is 0 Å². The highest BCUT2D eigenvalue weighted by Crippen LogP contribution is 1.73. The van der Waals surface area contributed by atoms with Crippen molar-refractivity contribution in [3.63, 3.8) is 0 Å². The fourth-order valence-electron chi connectivity index (χ4n) is 0.423. The predicted octanol–water partition coefficient (Wildman–Crippen LogP) is -0.280. The molecule has 1 N–H and O–H groups in total. The average molecular weight is 144 g/mol. The molecule has 0 fully saturated rings. The minimum Gasteiger partial charge on any atom is -0.382 e. The Labute approximate surface area is 60.7 Å². The van der Waals surface area contributed by atoms with Gasteiger partial charge < -0.3 is 14.8 Å². The van der Waals surface area contributed by atoms with Crippen molar-refractivity contribution >= 4 is 0 Å². The third kappa shape index (κ3) is 7.21. The van der Waals surface area contributed by atoms with E-state index in [0.717, 1.165) is 0 Å². The lowest BCUT2D eigenvalue weighted by Gasteiger charge is -2.00. The zero-order valence-electron chi connectivity index (χ0n) is 6.09. The SMILES string of the molecule is COCCOCCNC#N. The molecule has 0 saturated heterocycles. The summed E-state index contributed by atoms with van der Waals surface area (Å²) in [6, 6.07) is 0. The van der Waals surface area contributed by atoms with Gasteiger partial charge in [-0.25, -0.2) is 0 Å². The molecule has 0 heterocycles. The first kappa shape index (κ1) is 9.21. The largest absolute Gasteiger partial charge is 0.382 e. The maximum absolute atomic E-state index is 8.03. The maximum atomic E-state index is 8.03. The molecule has 0 aliphatic heterocycles. The van der Waals surface area contributed by atoms with Gasteiger partial charge in [0.15, 0.2) is 6.19 Å². The third-order valence-electron chi connectivity index (χ3n) is 0.882. The van der Waals surface area contributed by atoms with Crippen LogP contribution in [-0.2, 0) is 9.47 Å². The van der Waals surface area contributed by atoms with Crippen LogP contribution < -0.4 is 5.32 Å². The van der Waals surface area contributed by atoms with Gasteiger partial charge in [-0.3, -0.25) is 0 Å². The first-order valence-corrected chi connectivity index (χ1v) is 3.10. The van der Waals surface area contributed by atoms with Crippen LogP contribution in [0.15, 0.2) is 0 Å². The Balaban J connectivity index is 2.72. The normalized spacial score (nSPS) is 8.80. The Morgan fingerprint density at radius 2 is 2.20 bits per heavy atom. The monoisotopic (exact) mass is 144 g/mol. The molecule has 4 heteroatoms. The van der Waals surface area contributed by atoms with E-state index in [9.17, 15) is 0 Å². The number of nitrogens with zero attached hydrogens (tertiary/aromatic N) is 1. The Morgan fingerprint density at radius 1 is 1.40 bits per heavy atom. The molecule has 10 heavy (non-hydrogen) atoms. The van der Waals surface area contributed by atoms with Crippen LogP contribution in [0, 0.1) is 11.5 Å². The van der Waals surface area contributed by atoms with Crippen LogP contribution in [0.25, 0.3) is 0 Å². The van der Waals surface area contributed by atoms with Gasteiger partial charge >= 0.3 is 0 Å². The van der Waals surface area contributed by atoms with E-state index in [1.165, 1.54) is 0 Å². The maximum Gasteiger partial charge on any atom is 0.176 e. The Bertz CT molecular complexity index is 100. The third-order valence-corrected chi connectivity index (χ3v) is 0.882. The number of hydrogen-bond donors (Lipinski definition) is 1. The van der Waals surface area contributed by atoms with E-state index in [1.54, 1.807) is 13.3 Å². The van der Waals surface area contributed by atoms with E-state index < -0.39 is 0 Å². The Kier molecular flexibility index (Phi) is 7.56. The zero-order chi connectivity index (χ0) is 7.66. The van der Waals surface area contributed by atoms with Gasteiger partial charge in [-0.2, -0.15) is 5.26 Å². The summed E-state index contributed by atoms with van der Waals surface area (Å²) < 4.78 is 9.78. The second-order valence-corrected chi connectivity index (χ2v) is 1.64. The van der Waals surface area contributed by atoms with E-state index in [1.807, 2.05) is 0 Å². The molecule has 0 aromatic carbocycles. The first-order chi connectivity index (χ1) is 4.91. The Morgan fingerprint density at radius 3 is 2.80 bits per heavy atom. The lowest BCUT2D eigenvalue weighted by atomic mass is 10.7. The summed E-state index contributed by atoms with van der Waals surface area (Å²) in [5.41, 5.74) is 0. The summed E-state index contributed by atoms with van der Waals surface area (Å²) in [4.78, 5) is 0. The van der Waals surface area contributed by atoms with Gasteiger partial charge in [0, 0.05) is 13.7 Å². The van der Waals surface area contributed by atoms with Crippen molar-refractivity contribution in [2.24, 2.45) is 0 Å². The van der Waals surface area contributed by atoms with Gasteiger partial charge in [0.05, 0.1) is 19.8 Å². The second-order valence-electron chi connectivity index (χ2n) is 1.64. The molecule has 0 unspecified atom stereocenters. The lowest BCUT2D eigenvalue weighted by molar-refractivity contribution is 0.0731. The molecule has 0 aliphatic carbocycles. The number of nitrogens with one attached hydrogen (secondary N) is 1. The molecule has 0 saturated carbocycles. The molecule has 4 nitrogen and oxygen atoms in total. The summed E-state index contributed by atoms with van der Waals surface area (Å²) in [5.74, 6) is 0. The standard InChI is InChI=1S/C6H12N2O2/c1-9-4-5-10-3-2-8-6-7/h8H,2-5H2,1H3. The van der Waals surface area contributed by atoms with Gasteiger partial charge in [0.25, 0.3) is 0 Å². The van der Waals surface area contributed by atoms with E-state index in [4.69, 9.17) is 14.7 Å². The summed E-state index contributed by atoms with van der Waals surface area (Å²) in [5, 5.41) is 10.5. The fraction of sp³-hybridized carbons (Fsp3) is 0.833. The van der Waals surface area contributed by atoms with Gasteiger partial charge in [-0.15, -0.1) is 0 Å². The van der Waals surface area contributed by atoms with Crippen molar-refractivity contribution < 1.29 is 9.47 Å². The number of hydrogen-bond acceptors (Lipinski definition) is 4. The molecular weight excluding hydrogens is 132 g/mol. The molecule has 0 atom stereocenters. The molecule has 0 radical (unpaired) electrons. The predicted molar refractivity (Wildman–Crippen MR) is 36.3 cm³/mol. The van der Waals surface area contributed by atoms with Crippen molar-refractivity contribution in [2.45, 2.75) is 0 Å². The minimum absolute atomic E-state index is 0.552. The highest BCUT2D eigenvalue weighted by atomic mass is 16.5. The van der Waals surface area contributed by atoms with Gasteiger partial charge in [0.1, 0.15) is 0 Å². The minimum atomic E-state index is 0.552. The number of nitriles is 1. The van der Waals surface area contributed by atoms with Crippen molar-refractivity contribution in [1.29, 1.82) is 5.26 Å². The summed E-state index contributed by atoms with van der Waals surface area (Å²) in [7, 11) is 1.62. The van der Waals surface area contributed by atoms with Crippen LogP contribution in [0.3, 0.4) is 0 Å². The summed E-state index contributed by atoms with van der Waals surface area (Å²) in [6.45, 7) is 2.31. The van der Waals surface area contributed by atoms with Crippen LogP contribution in [0.4, 0.5) is 0 Å². The molecule has 0 amide bonds. The van der Waals surface area contributed by atoms with Crippen molar-refractivity contribution in [3.8, 4) is 6.19 Å². The zero-order valence-corrected chi connectivity index (χ0v) is 6.09.